The van der Waals surface area contributed by atoms with Crippen molar-refractivity contribution in [3.8, 4) is 0 Å². The first kappa shape index (κ1) is 14.2. The van der Waals surface area contributed by atoms with Crippen molar-refractivity contribution in [1.82, 2.24) is 9.13 Å². The highest BCUT2D eigenvalue weighted by Gasteiger charge is 2.15. The van der Waals surface area contributed by atoms with Gasteiger partial charge in [0.15, 0.2) is 0 Å². The predicted molar refractivity (Wildman–Crippen MR) is 85.7 cm³/mol. The fourth-order valence-electron chi connectivity index (χ4n) is 3.34. The summed E-state index contributed by atoms with van der Waals surface area (Å²) in [5, 5.41) is 0. The van der Waals surface area contributed by atoms with Gasteiger partial charge in [-0.2, -0.15) is 0 Å². The molecule has 0 atom stereocenters. The highest BCUT2D eigenvalue weighted by Crippen LogP contribution is 2.32. The fourth-order valence-corrected chi connectivity index (χ4v) is 3.34. The van der Waals surface area contributed by atoms with Gasteiger partial charge in [0.2, 0.25) is 0 Å². The minimum Gasteiger partial charge on any atom is -0.300 e. The van der Waals surface area contributed by atoms with Crippen molar-refractivity contribution in [2.75, 3.05) is 0 Å². The number of hydrogen-bond acceptors (Lipinski definition) is 1. The summed E-state index contributed by atoms with van der Waals surface area (Å²) in [6.07, 6.45) is 10.5. The van der Waals surface area contributed by atoms with Crippen molar-refractivity contribution in [1.29, 1.82) is 0 Å². The molecule has 3 heteroatoms. The zero-order chi connectivity index (χ0) is 14.7. The number of aryl methyl sites for hydroxylation is 1. The summed E-state index contributed by atoms with van der Waals surface area (Å²) in [4.78, 5) is 12.0. The van der Waals surface area contributed by atoms with Gasteiger partial charge in [-0.25, -0.2) is 4.79 Å². The first-order chi connectivity index (χ1) is 10.3. The number of imidazole rings is 1. The Balaban J connectivity index is 1.71. The molecule has 3 nitrogen and oxygen atoms in total. The molecule has 1 aliphatic carbocycles. The summed E-state index contributed by atoms with van der Waals surface area (Å²) < 4.78 is 3.51. The second-order valence-corrected chi connectivity index (χ2v) is 6.07. The lowest BCUT2D eigenvalue weighted by molar-refractivity contribution is 0.443. The van der Waals surface area contributed by atoms with E-state index in [2.05, 4.69) is 24.3 Å². The molecule has 1 fully saturated rings. The Kier molecular flexibility index (Phi) is 4.28. The van der Waals surface area contributed by atoms with E-state index < -0.39 is 0 Å². The van der Waals surface area contributed by atoms with Crippen molar-refractivity contribution in [2.45, 2.75) is 58.0 Å². The van der Waals surface area contributed by atoms with Crippen molar-refractivity contribution < 1.29 is 0 Å². The van der Waals surface area contributed by atoms with E-state index >= 15 is 0 Å². The van der Waals surface area contributed by atoms with Gasteiger partial charge in [0, 0.05) is 18.9 Å². The van der Waals surface area contributed by atoms with Crippen LogP contribution in [0.15, 0.2) is 41.5 Å². The smallest absolute Gasteiger partial charge is 0.300 e. The summed E-state index contributed by atoms with van der Waals surface area (Å²) in [5.74, 6) is 0.747. The quantitative estimate of drug-likeness (QED) is 0.839. The molecule has 0 saturated heterocycles. The average Bonchev–Trinajstić information content (AvgIpc) is 2.89. The van der Waals surface area contributed by atoms with Crippen molar-refractivity contribution in [2.24, 2.45) is 0 Å². The lowest BCUT2D eigenvalue weighted by atomic mass is 9.84. The molecule has 3 rings (SSSR count). The standard InChI is InChI=1S/C18H24N2O/c1-2-19-12-13-20(18(19)21)14-15-8-10-17(11-9-15)16-6-4-3-5-7-16/h8-13,16H,2-7,14H2,1H3. The average molecular weight is 284 g/mol. The highest BCUT2D eigenvalue weighted by molar-refractivity contribution is 5.26. The zero-order valence-corrected chi connectivity index (χ0v) is 12.8. The van der Waals surface area contributed by atoms with E-state index in [-0.39, 0.29) is 5.69 Å². The van der Waals surface area contributed by atoms with Gasteiger partial charge >= 0.3 is 5.69 Å². The molecule has 1 aromatic carbocycles. The molecule has 112 valence electrons. The number of aromatic nitrogens is 2. The molecule has 2 aromatic rings. The van der Waals surface area contributed by atoms with Crippen LogP contribution in [0.4, 0.5) is 0 Å². The van der Waals surface area contributed by atoms with E-state index in [1.807, 2.05) is 19.3 Å². The van der Waals surface area contributed by atoms with Crippen molar-refractivity contribution in [3.63, 3.8) is 0 Å². The van der Waals surface area contributed by atoms with E-state index in [4.69, 9.17) is 0 Å². The van der Waals surface area contributed by atoms with E-state index in [0.717, 1.165) is 12.5 Å². The van der Waals surface area contributed by atoms with Crippen LogP contribution in [0.2, 0.25) is 0 Å². The summed E-state index contributed by atoms with van der Waals surface area (Å²) in [7, 11) is 0. The van der Waals surface area contributed by atoms with E-state index in [1.165, 1.54) is 43.2 Å². The maximum atomic E-state index is 12.0. The van der Waals surface area contributed by atoms with Crippen LogP contribution in [0.1, 0.15) is 56.1 Å². The third kappa shape index (κ3) is 3.12. The number of benzene rings is 1. The Morgan fingerprint density at radius 1 is 1.00 bits per heavy atom. The Morgan fingerprint density at radius 2 is 1.67 bits per heavy atom. The third-order valence-corrected chi connectivity index (χ3v) is 4.67. The first-order valence-corrected chi connectivity index (χ1v) is 8.12. The topological polar surface area (TPSA) is 26.9 Å². The van der Waals surface area contributed by atoms with Crippen molar-refractivity contribution in [3.05, 3.63) is 58.3 Å². The van der Waals surface area contributed by atoms with E-state index in [0.29, 0.717) is 6.54 Å². The molecule has 1 saturated carbocycles. The number of nitrogens with zero attached hydrogens (tertiary/aromatic N) is 2. The Hall–Kier alpha value is -1.77. The first-order valence-electron chi connectivity index (χ1n) is 8.12. The minimum atomic E-state index is 0.0776. The van der Waals surface area contributed by atoms with Gasteiger partial charge in [-0.05, 0) is 36.8 Å². The van der Waals surface area contributed by atoms with Crippen LogP contribution in [0.25, 0.3) is 0 Å². The summed E-state index contributed by atoms with van der Waals surface area (Å²) >= 11 is 0. The molecule has 21 heavy (non-hydrogen) atoms. The van der Waals surface area contributed by atoms with Gasteiger partial charge in [0.05, 0.1) is 6.54 Å². The van der Waals surface area contributed by atoms with Gasteiger partial charge < -0.3 is 0 Å². The molecule has 0 radical (unpaired) electrons. The van der Waals surface area contributed by atoms with Crippen LogP contribution in [-0.2, 0) is 13.1 Å². The minimum absolute atomic E-state index is 0.0776. The number of rotatable bonds is 4. The van der Waals surface area contributed by atoms with E-state index in [9.17, 15) is 4.79 Å². The molecule has 1 heterocycles. The van der Waals surface area contributed by atoms with Crippen LogP contribution in [0.5, 0.6) is 0 Å². The van der Waals surface area contributed by atoms with Crippen LogP contribution >= 0.6 is 0 Å². The van der Waals surface area contributed by atoms with Crippen molar-refractivity contribution >= 4 is 0 Å². The molecular weight excluding hydrogens is 260 g/mol. The van der Waals surface area contributed by atoms with E-state index in [1.54, 1.807) is 9.13 Å². The van der Waals surface area contributed by atoms with Crippen LogP contribution in [-0.4, -0.2) is 9.13 Å². The van der Waals surface area contributed by atoms with Gasteiger partial charge in [-0.1, -0.05) is 43.5 Å². The second kappa shape index (κ2) is 6.33. The number of hydrogen-bond donors (Lipinski definition) is 0. The Morgan fingerprint density at radius 3 is 2.29 bits per heavy atom. The maximum Gasteiger partial charge on any atom is 0.328 e. The maximum absolute atomic E-state index is 12.0. The van der Waals surface area contributed by atoms with Crippen LogP contribution in [0, 0.1) is 0 Å². The van der Waals surface area contributed by atoms with Crippen LogP contribution in [0.3, 0.4) is 0 Å². The second-order valence-electron chi connectivity index (χ2n) is 6.07. The normalized spacial score (nSPS) is 16.2. The summed E-state index contributed by atoms with van der Waals surface area (Å²) in [6, 6.07) is 8.87. The SMILES string of the molecule is CCn1ccn(Cc2ccc(C3CCCCC3)cc2)c1=O. The Bertz CT molecular complexity index is 630. The summed E-state index contributed by atoms with van der Waals surface area (Å²) in [5.41, 5.74) is 2.75. The molecule has 1 aromatic heterocycles. The molecule has 0 spiro atoms. The van der Waals surface area contributed by atoms with Gasteiger partial charge in [-0.3, -0.25) is 9.13 Å². The third-order valence-electron chi connectivity index (χ3n) is 4.67. The predicted octanol–water partition coefficient (Wildman–Crippen LogP) is 3.77. The lowest BCUT2D eigenvalue weighted by Gasteiger charge is -2.22. The fraction of sp³-hybridized carbons (Fsp3) is 0.500. The largest absolute Gasteiger partial charge is 0.328 e. The highest BCUT2D eigenvalue weighted by atomic mass is 16.1. The van der Waals surface area contributed by atoms with Gasteiger partial charge in [0.25, 0.3) is 0 Å². The zero-order valence-electron chi connectivity index (χ0n) is 12.8. The molecule has 0 amide bonds. The molecule has 0 aliphatic heterocycles. The molecular formula is C18H24N2O. The monoisotopic (exact) mass is 284 g/mol. The lowest BCUT2D eigenvalue weighted by Crippen LogP contribution is -2.23. The van der Waals surface area contributed by atoms with Gasteiger partial charge in [-0.15, -0.1) is 0 Å². The summed E-state index contributed by atoms with van der Waals surface area (Å²) in [6.45, 7) is 3.38. The Labute approximate surface area is 126 Å². The molecule has 1 aliphatic rings. The molecule has 0 unspecified atom stereocenters. The molecule has 0 bridgehead atoms. The van der Waals surface area contributed by atoms with Crippen LogP contribution < -0.4 is 5.69 Å². The molecule has 0 N–H and O–H groups in total. The van der Waals surface area contributed by atoms with Gasteiger partial charge in [0.1, 0.15) is 0 Å².